The van der Waals surface area contributed by atoms with Crippen molar-refractivity contribution in [1.82, 2.24) is 10.2 Å². The number of aliphatic hydroxyl groups excluding tert-OH is 1. The Morgan fingerprint density at radius 2 is 1.71 bits per heavy atom. The molecule has 7 nitrogen and oxygen atoms in total. The smallest absolute Gasteiger partial charge is 0.301 e. The van der Waals surface area contributed by atoms with Gasteiger partial charge >= 0.3 is 5.91 Å². The standard InChI is InChI=1S/C29H25N3O4S2/c1-16-8-11-19(12-9-16)15-37-29-31-30-28(38-29)32-24(20-5-4-6-21(33)14-20)23(26(35)27(32)36)25(34)22-13-17(2)7-10-18(22)3/h4-14,24,33-34H,15H2,1-3H3. The van der Waals surface area contributed by atoms with E-state index in [0.29, 0.717) is 21.2 Å². The van der Waals surface area contributed by atoms with E-state index in [-0.39, 0.29) is 22.2 Å². The van der Waals surface area contributed by atoms with Crippen molar-refractivity contribution in [2.45, 2.75) is 36.9 Å². The van der Waals surface area contributed by atoms with E-state index in [0.717, 1.165) is 16.7 Å². The Morgan fingerprint density at radius 1 is 0.974 bits per heavy atom. The van der Waals surface area contributed by atoms with E-state index in [4.69, 9.17) is 0 Å². The van der Waals surface area contributed by atoms with E-state index in [1.54, 1.807) is 18.2 Å². The van der Waals surface area contributed by atoms with Gasteiger partial charge in [0.2, 0.25) is 5.13 Å². The third-order valence-corrected chi connectivity index (χ3v) is 8.49. The maximum atomic E-state index is 13.4. The third-order valence-electron chi connectivity index (χ3n) is 6.36. The quantitative estimate of drug-likeness (QED) is 0.0997. The van der Waals surface area contributed by atoms with Crippen molar-refractivity contribution >= 4 is 45.7 Å². The second kappa shape index (κ2) is 10.4. The van der Waals surface area contributed by atoms with Gasteiger partial charge in [0.15, 0.2) is 4.34 Å². The summed E-state index contributed by atoms with van der Waals surface area (Å²) < 4.78 is 0.645. The number of amides is 1. The summed E-state index contributed by atoms with van der Waals surface area (Å²) in [7, 11) is 0. The number of benzene rings is 3. The predicted octanol–water partition coefficient (Wildman–Crippen LogP) is 6.09. The summed E-state index contributed by atoms with van der Waals surface area (Å²) in [5.74, 6) is -1.24. The van der Waals surface area contributed by atoms with Gasteiger partial charge in [-0.25, -0.2) is 0 Å². The Kier molecular flexibility index (Phi) is 7.05. The number of ketones is 1. The van der Waals surface area contributed by atoms with Crippen LogP contribution in [0.1, 0.15) is 39.4 Å². The minimum absolute atomic E-state index is 0.0218. The number of carbonyl (C=O) groups is 2. The van der Waals surface area contributed by atoms with E-state index in [1.165, 1.54) is 45.7 Å². The van der Waals surface area contributed by atoms with Gasteiger partial charge in [-0.15, -0.1) is 10.2 Å². The van der Waals surface area contributed by atoms with Crippen molar-refractivity contribution in [2.75, 3.05) is 4.90 Å². The highest BCUT2D eigenvalue weighted by Crippen LogP contribution is 2.44. The average Bonchev–Trinajstić information content (AvgIpc) is 3.47. The number of aromatic nitrogens is 2. The molecule has 2 heterocycles. The molecule has 1 aliphatic rings. The van der Waals surface area contributed by atoms with Gasteiger partial charge in [-0.1, -0.05) is 82.8 Å². The molecule has 3 aromatic carbocycles. The fraction of sp³-hybridized carbons (Fsp3) is 0.172. The molecule has 5 rings (SSSR count). The molecule has 0 aliphatic carbocycles. The first kappa shape index (κ1) is 25.7. The largest absolute Gasteiger partial charge is 0.508 e. The molecule has 0 saturated carbocycles. The molecule has 0 radical (unpaired) electrons. The SMILES string of the molecule is Cc1ccc(CSc2nnc(N3C(=O)C(=O)C(=C(O)c4cc(C)ccc4C)C3c3cccc(O)c3)s2)cc1. The molecular formula is C29H25N3O4S2. The Bertz CT molecular complexity index is 1580. The monoisotopic (exact) mass is 543 g/mol. The van der Waals surface area contributed by atoms with Crippen LogP contribution in [0, 0.1) is 20.8 Å². The van der Waals surface area contributed by atoms with E-state index in [9.17, 15) is 19.8 Å². The van der Waals surface area contributed by atoms with Crippen LogP contribution in [0.5, 0.6) is 5.75 Å². The summed E-state index contributed by atoms with van der Waals surface area (Å²) in [5.41, 5.74) is 4.86. The van der Waals surface area contributed by atoms with E-state index in [2.05, 4.69) is 22.3 Å². The van der Waals surface area contributed by atoms with Crippen molar-refractivity contribution in [3.63, 3.8) is 0 Å². The summed E-state index contributed by atoms with van der Waals surface area (Å²) in [5, 5.41) is 30.3. The van der Waals surface area contributed by atoms with Crippen LogP contribution in [0.2, 0.25) is 0 Å². The summed E-state index contributed by atoms with van der Waals surface area (Å²) in [6.07, 6.45) is 0. The lowest BCUT2D eigenvalue weighted by atomic mass is 9.93. The van der Waals surface area contributed by atoms with Crippen LogP contribution in [0.3, 0.4) is 0 Å². The summed E-state index contributed by atoms with van der Waals surface area (Å²) >= 11 is 2.69. The number of thioether (sulfide) groups is 1. The van der Waals surface area contributed by atoms with Crippen molar-refractivity contribution in [3.05, 3.63) is 106 Å². The fourth-order valence-corrected chi connectivity index (χ4v) is 6.19. The molecule has 0 spiro atoms. The lowest BCUT2D eigenvalue weighted by Gasteiger charge is -2.23. The predicted molar refractivity (Wildman–Crippen MR) is 149 cm³/mol. The molecule has 4 aromatic rings. The van der Waals surface area contributed by atoms with Gasteiger partial charge in [-0.05, 0) is 55.7 Å². The Labute approximate surface area is 228 Å². The van der Waals surface area contributed by atoms with Crippen LogP contribution in [-0.4, -0.2) is 32.1 Å². The maximum absolute atomic E-state index is 13.4. The minimum atomic E-state index is -0.982. The lowest BCUT2D eigenvalue weighted by Crippen LogP contribution is -2.29. The molecule has 1 fully saturated rings. The summed E-state index contributed by atoms with van der Waals surface area (Å²) in [6.45, 7) is 5.75. The second-order valence-corrected chi connectivity index (χ2v) is 11.4. The first-order valence-corrected chi connectivity index (χ1v) is 13.7. The van der Waals surface area contributed by atoms with Gasteiger partial charge < -0.3 is 10.2 Å². The molecule has 1 aliphatic heterocycles. The van der Waals surface area contributed by atoms with Crippen LogP contribution in [0.25, 0.3) is 5.76 Å². The molecule has 9 heteroatoms. The second-order valence-electron chi connectivity index (χ2n) is 9.21. The van der Waals surface area contributed by atoms with Gasteiger partial charge in [0.05, 0.1) is 11.6 Å². The van der Waals surface area contributed by atoms with Crippen molar-refractivity contribution < 1.29 is 19.8 Å². The Balaban J connectivity index is 1.56. The zero-order valence-electron chi connectivity index (χ0n) is 21.0. The molecule has 1 aromatic heterocycles. The molecule has 2 N–H and O–H groups in total. The van der Waals surface area contributed by atoms with Crippen LogP contribution in [0.15, 0.2) is 76.6 Å². The van der Waals surface area contributed by atoms with Crippen LogP contribution < -0.4 is 4.90 Å². The summed E-state index contributed by atoms with van der Waals surface area (Å²) in [4.78, 5) is 28.1. The van der Waals surface area contributed by atoms with Gasteiger partial charge in [0.1, 0.15) is 11.5 Å². The van der Waals surface area contributed by atoms with Crippen LogP contribution in [0.4, 0.5) is 5.13 Å². The average molecular weight is 544 g/mol. The molecule has 1 atom stereocenters. The van der Waals surface area contributed by atoms with Gasteiger partial charge in [0, 0.05) is 11.3 Å². The number of nitrogens with zero attached hydrogens (tertiary/aromatic N) is 3. The van der Waals surface area contributed by atoms with Crippen molar-refractivity contribution in [2.24, 2.45) is 0 Å². The number of aromatic hydroxyl groups is 1. The molecular weight excluding hydrogens is 518 g/mol. The van der Waals surface area contributed by atoms with Crippen molar-refractivity contribution in [3.8, 4) is 5.75 Å². The number of hydrogen-bond donors (Lipinski definition) is 2. The molecule has 0 bridgehead atoms. The van der Waals surface area contributed by atoms with Crippen LogP contribution in [-0.2, 0) is 15.3 Å². The van der Waals surface area contributed by atoms with E-state index >= 15 is 0 Å². The lowest BCUT2D eigenvalue weighted by molar-refractivity contribution is -0.132. The molecule has 1 saturated heterocycles. The first-order chi connectivity index (χ1) is 18.2. The zero-order valence-corrected chi connectivity index (χ0v) is 22.6. The maximum Gasteiger partial charge on any atom is 0.301 e. The molecule has 192 valence electrons. The normalized spacial score (nSPS) is 16.8. The van der Waals surface area contributed by atoms with Crippen molar-refractivity contribution in [1.29, 1.82) is 0 Å². The van der Waals surface area contributed by atoms with Gasteiger partial charge in [-0.3, -0.25) is 14.5 Å². The number of aryl methyl sites for hydroxylation is 3. The number of phenolic OH excluding ortho intramolecular Hbond substituents is 1. The molecule has 1 amide bonds. The Hall–Kier alpha value is -3.95. The first-order valence-electron chi connectivity index (χ1n) is 11.9. The number of Topliss-reactive ketones (excluding diaryl/α,β-unsaturated/α-hetero) is 1. The highest BCUT2D eigenvalue weighted by Gasteiger charge is 2.48. The van der Waals surface area contributed by atoms with E-state index in [1.807, 2.05) is 45.0 Å². The highest BCUT2D eigenvalue weighted by atomic mass is 32.2. The number of carbonyl (C=O) groups excluding carboxylic acids is 2. The zero-order chi connectivity index (χ0) is 27.0. The number of anilines is 1. The van der Waals surface area contributed by atoms with Crippen LogP contribution >= 0.6 is 23.1 Å². The number of aliphatic hydroxyl groups is 1. The Morgan fingerprint density at radius 3 is 2.45 bits per heavy atom. The topological polar surface area (TPSA) is 104 Å². The fourth-order valence-electron chi connectivity index (χ4n) is 4.36. The minimum Gasteiger partial charge on any atom is -0.508 e. The molecule has 38 heavy (non-hydrogen) atoms. The van der Waals surface area contributed by atoms with Gasteiger partial charge in [-0.2, -0.15) is 0 Å². The number of hydrogen-bond acceptors (Lipinski definition) is 8. The number of phenols is 1. The summed E-state index contributed by atoms with van der Waals surface area (Å²) in [6, 6.07) is 19.1. The highest BCUT2D eigenvalue weighted by molar-refractivity contribution is 8.00. The number of rotatable bonds is 6. The van der Waals surface area contributed by atoms with E-state index < -0.39 is 17.7 Å². The van der Waals surface area contributed by atoms with Gasteiger partial charge in [0.25, 0.3) is 5.78 Å². The third kappa shape index (κ3) is 4.94. The molecule has 1 unspecified atom stereocenters.